The van der Waals surface area contributed by atoms with E-state index in [2.05, 4.69) is 17.1 Å². The van der Waals surface area contributed by atoms with Crippen molar-refractivity contribution in [2.24, 2.45) is 0 Å². The number of aromatic nitrogens is 1. The van der Waals surface area contributed by atoms with Gasteiger partial charge in [0, 0.05) is 16.5 Å². The average molecular weight is 208 g/mol. The van der Waals surface area contributed by atoms with Crippen molar-refractivity contribution in [2.75, 3.05) is 5.73 Å². The summed E-state index contributed by atoms with van der Waals surface area (Å²) >= 11 is 0. The fraction of sp³-hybridized carbons (Fsp3) is 0.0714. The van der Waals surface area contributed by atoms with E-state index < -0.39 is 0 Å². The lowest BCUT2D eigenvalue weighted by Crippen LogP contribution is -1.91. The van der Waals surface area contributed by atoms with E-state index in [1.54, 1.807) is 0 Å². The van der Waals surface area contributed by atoms with E-state index >= 15 is 0 Å². The Balaban J connectivity index is 2.46. The zero-order valence-electron chi connectivity index (χ0n) is 9.07. The van der Waals surface area contributed by atoms with E-state index in [1.807, 2.05) is 37.3 Å². The van der Waals surface area contributed by atoms with Gasteiger partial charge in [-0.05, 0) is 36.8 Å². The van der Waals surface area contributed by atoms with Crippen molar-refractivity contribution in [1.82, 2.24) is 4.98 Å². The molecule has 1 aromatic heterocycles. The van der Waals surface area contributed by atoms with Crippen molar-refractivity contribution in [1.29, 1.82) is 0 Å². The summed E-state index contributed by atoms with van der Waals surface area (Å²) in [6.45, 7) is 2.01. The number of nitrogens with two attached hydrogens (primary N) is 1. The van der Waals surface area contributed by atoms with Crippen LogP contribution < -0.4 is 5.73 Å². The Labute approximate surface area is 93.7 Å². The number of rotatable bonds is 0. The van der Waals surface area contributed by atoms with Crippen molar-refractivity contribution >= 4 is 27.5 Å². The normalized spacial score (nSPS) is 11.1. The summed E-state index contributed by atoms with van der Waals surface area (Å²) in [5.41, 5.74) is 9.84. The summed E-state index contributed by atoms with van der Waals surface area (Å²) in [6.07, 6.45) is 0. The molecule has 2 aromatic carbocycles. The predicted octanol–water partition coefficient (Wildman–Crippen LogP) is 3.28. The second kappa shape index (κ2) is 3.20. The van der Waals surface area contributed by atoms with Gasteiger partial charge in [0.05, 0.1) is 11.0 Å². The average Bonchev–Trinajstić information content (AvgIpc) is 2.28. The summed E-state index contributed by atoms with van der Waals surface area (Å²) < 4.78 is 0. The lowest BCUT2D eigenvalue weighted by Gasteiger charge is -2.05. The van der Waals surface area contributed by atoms with Crippen LogP contribution in [-0.4, -0.2) is 4.98 Å². The van der Waals surface area contributed by atoms with E-state index in [1.165, 1.54) is 0 Å². The van der Waals surface area contributed by atoms with Crippen LogP contribution in [0.25, 0.3) is 21.8 Å². The minimum atomic E-state index is 0.824. The van der Waals surface area contributed by atoms with Crippen molar-refractivity contribution in [3.8, 4) is 0 Å². The zero-order valence-corrected chi connectivity index (χ0v) is 9.07. The molecule has 0 saturated heterocycles. The van der Waals surface area contributed by atoms with Crippen molar-refractivity contribution in [3.63, 3.8) is 0 Å². The zero-order chi connectivity index (χ0) is 11.1. The molecule has 0 spiro atoms. The highest BCUT2D eigenvalue weighted by atomic mass is 14.7. The third-order valence-electron chi connectivity index (χ3n) is 2.90. The second-order valence-corrected chi connectivity index (χ2v) is 4.08. The van der Waals surface area contributed by atoms with Crippen LogP contribution in [0.5, 0.6) is 0 Å². The van der Waals surface area contributed by atoms with Crippen molar-refractivity contribution < 1.29 is 0 Å². The molecule has 0 atom stereocenters. The molecule has 0 aliphatic rings. The van der Waals surface area contributed by atoms with Crippen LogP contribution in [0.15, 0.2) is 42.5 Å². The molecule has 1 heterocycles. The molecule has 2 heteroatoms. The number of fused-ring (bicyclic) bond motifs is 2. The van der Waals surface area contributed by atoms with Crippen molar-refractivity contribution in [2.45, 2.75) is 6.92 Å². The molecule has 0 fully saturated rings. The molecule has 3 rings (SSSR count). The SMILES string of the molecule is Cc1cc2nc3ccccc3cc2cc1N. The van der Waals surface area contributed by atoms with Crippen LogP contribution in [0.2, 0.25) is 0 Å². The van der Waals surface area contributed by atoms with Gasteiger partial charge in [0.25, 0.3) is 0 Å². The summed E-state index contributed by atoms with van der Waals surface area (Å²) in [6, 6.07) is 14.3. The molecule has 2 nitrogen and oxygen atoms in total. The summed E-state index contributed by atoms with van der Waals surface area (Å²) in [5, 5.41) is 2.25. The van der Waals surface area contributed by atoms with Crippen LogP contribution in [0, 0.1) is 6.92 Å². The molecule has 78 valence electrons. The number of anilines is 1. The first-order chi connectivity index (χ1) is 7.74. The number of nitrogen functional groups attached to an aromatic ring is 1. The van der Waals surface area contributed by atoms with Crippen LogP contribution in [0.4, 0.5) is 5.69 Å². The van der Waals surface area contributed by atoms with E-state index in [9.17, 15) is 0 Å². The van der Waals surface area contributed by atoms with Crippen LogP contribution in [-0.2, 0) is 0 Å². The third kappa shape index (κ3) is 1.31. The Morgan fingerprint density at radius 1 is 0.938 bits per heavy atom. The van der Waals surface area contributed by atoms with E-state index in [4.69, 9.17) is 5.73 Å². The van der Waals surface area contributed by atoms with Gasteiger partial charge in [0.1, 0.15) is 0 Å². The summed E-state index contributed by atoms with van der Waals surface area (Å²) in [4.78, 5) is 4.62. The topological polar surface area (TPSA) is 38.9 Å². The highest BCUT2D eigenvalue weighted by Gasteiger charge is 2.01. The lowest BCUT2D eigenvalue weighted by atomic mass is 10.1. The molecule has 0 amide bonds. The quantitative estimate of drug-likeness (QED) is 0.455. The van der Waals surface area contributed by atoms with Gasteiger partial charge in [0.15, 0.2) is 0 Å². The molecular weight excluding hydrogens is 196 g/mol. The molecule has 0 unspecified atom stereocenters. The smallest absolute Gasteiger partial charge is 0.0713 e. The Kier molecular flexibility index (Phi) is 1.83. The van der Waals surface area contributed by atoms with Gasteiger partial charge in [-0.1, -0.05) is 18.2 Å². The highest BCUT2D eigenvalue weighted by molar-refractivity contribution is 5.94. The maximum Gasteiger partial charge on any atom is 0.0713 e. The fourth-order valence-electron chi connectivity index (χ4n) is 1.95. The second-order valence-electron chi connectivity index (χ2n) is 4.08. The van der Waals surface area contributed by atoms with Crippen LogP contribution in [0.1, 0.15) is 5.56 Å². The van der Waals surface area contributed by atoms with Gasteiger partial charge >= 0.3 is 0 Å². The lowest BCUT2D eigenvalue weighted by molar-refractivity contribution is 1.44. The number of benzene rings is 2. The molecule has 0 radical (unpaired) electrons. The standard InChI is InChI=1S/C14H12N2/c1-9-6-14-11(8-12(9)15)7-10-4-2-3-5-13(10)16-14/h2-8H,15H2,1H3. The van der Waals surface area contributed by atoms with Crippen LogP contribution in [0.3, 0.4) is 0 Å². The van der Waals surface area contributed by atoms with E-state index in [-0.39, 0.29) is 0 Å². The van der Waals surface area contributed by atoms with E-state index in [0.717, 1.165) is 33.1 Å². The first kappa shape index (κ1) is 9.16. The van der Waals surface area contributed by atoms with Gasteiger partial charge < -0.3 is 5.73 Å². The Bertz CT molecular complexity index is 627. The minimum absolute atomic E-state index is 0.824. The number of hydrogen-bond donors (Lipinski definition) is 1. The Morgan fingerprint density at radius 2 is 1.75 bits per heavy atom. The first-order valence-corrected chi connectivity index (χ1v) is 5.30. The fourth-order valence-corrected chi connectivity index (χ4v) is 1.95. The summed E-state index contributed by atoms with van der Waals surface area (Å²) in [5.74, 6) is 0. The first-order valence-electron chi connectivity index (χ1n) is 5.30. The van der Waals surface area contributed by atoms with Gasteiger partial charge in [-0.3, -0.25) is 0 Å². The maximum absolute atomic E-state index is 5.90. The predicted molar refractivity (Wildman–Crippen MR) is 68.4 cm³/mol. The van der Waals surface area contributed by atoms with Gasteiger partial charge in [0.2, 0.25) is 0 Å². The Morgan fingerprint density at radius 3 is 2.62 bits per heavy atom. The molecule has 0 saturated carbocycles. The maximum atomic E-state index is 5.90. The number of aryl methyl sites for hydroxylation is 1. The van der Waals surface area contributed by atoms with Crippen molar-refractivity contribution in [3.05, 3.63) is 48.0 Å². The molecule has 0 aliphatic heterocycles. The molecular formula is C14H12N2. The van der Waals surface area contributed by atoms with Gasteiger partial charge in [-0.25, -0.2) is 4.98 Å². The largest absolute Gasteiger partial charge is 0.398 e. The third-order valence-corrected chi connectivity index (χ3v) is 2.90. The van der Waals surface area contributed by atoms with E-state index in [0.29, 0.717) is 0 Å². The molecule has 2 N–H and O–H groups in total. The molecule has 0 bridgehead atoms. The number of pyridine rings is 1. The van der Waals surface area contributed by atoms with Crippen LogP contribution >= 0.6 is 0 Å². The summed E-state index contributed by atoms with van der Waals surface area (Å²) in [7, 11) is 0. The Hall–Kier alpha value is -2.09. The number of hydrogen-bond acceptors (Lipinski definition) is 2. The molecule has 3 aromatic rings. The van der Waals surface area contributed by atoms with Gasteiger partial charge in [-0.2, -0.15) is 0 Å². The number of nitrogens with zero attached hydrogens (tertiary/aromatic N) is 1. The number of para-hydroxylation sites is 1. The molecule has 0 aliphatic carbocycles. The highest BCUT2D eigenvalue weighted by Crippen LogP contribution is 2.23. The molecule has 16 heavy (non-hydrogen) atoms. The monoisotopic (exact) mass is 208 g/mol. The minimum Gasteiger partial charge on any atom is -0.398 e. The van der Waals surface area contributed by atoms with Gasteiger partial charge in [-0.15, -0.1) is 0 Å².